The Morgan fingerprint density at radius 1 is 1.50 bits per heavy atom. The second-order valence-corrected chi connectivity index (χ2v) is 4.98. The van der Waals surface area contributed by atoms with E-state index in [9.17, 15) is 4.79 Å². The zero-order chi connectivity index (χ0) is 13.7. The summed E-state index contributed by atoms with van der Waals surface area (Å²) in [4.78, 5) is 12.0. The smallest absolute Gasteiger partial charge is 0.241 e. The van der Waals surface area contributed by atoms with E-state index in [1.807, 2.05) is 6.92 Å². The minimum Gasteiger partial charge on any atom is -0.492 e. The highest BCUT2D eigenvalue weighted by Gasteiger charge is 2.20. The van der Waals surface area contributed by atoms with Crippen molar-refractivity contribution >= 4 is 35.6 Å². The molecule has 1 saturated heterocycles. The summed E-state index contributed by atoms with van der Waals surface area (Å²) in [6.07, 6.45) is 3.12. The minimum atomic E-state index is -0.0981. The molecule has 0 aliphatic carbocycles. The van der Waals surface area contributed by atoms with Gasteiger partial charge in [-0.05, 0) is 44.5 Å². The predicted octanol–water partition coefficient (Wildman–Crippen LogP) is 3.24. The monoisotopic (exact) mass is 318 g/mol. The average molecular weight is 319 g/mol. The van der Waals surface area contributed by atoms with Gasteiger partial charge in [-0.1, -0.05) is 18.0 Å². The topological polar surface area (TPSA) is 50.4 Å². The third kappa shape index (κ3) is 4.54. The lowest BCUT2D eigenvalue weighted by Crippen LogP contribution is -2.43. The SMILES string of the molecule is CCOc1ccc(NC(=O)C2CCCCN2)cc1Cl.Cl. The van der Waals surface area contributed by atoms with E-state index in [-0.39, 0.29) is 24.4 Å². The van der Waals surface area contributed by atoms with Gasteiger partial charge in [0.05, 0.1) is 17.7 Å². The van der Waals surface area contributed by atoms with E-state index in [4.69, 9.17) is 16.3 Å². The third-order valence-corrected chi connectivity index (χ3v) is 3.42. The summed E-state index contributed by atoms with van der Waals surface area (Å²) in [5, 5.41) is 6.61. The number of hydrogen-bond acceptors (Lipinski definition) is 3. The largest absolute Gasteiger partial charge is 0.492 e. The number of carbonyl (C=O) groups is 1. The Morgan fingerprint density at radius 2 is 2.30 bits per heavy atom. The second kappa shape index (κ2) is 8.35. The van der Waals surface area contributed by atoms with E-state index in [1.54, 1.807) is 18.2 Å². The summed E-state index contributed by atoms with van der Waals surface area (Å²) in [5.41, 5.74) is 0.700. The van der Waals surface area contributed by atoms with Gasteiger partial charge in [0.25, 0.3) is 0 Å². The van der Waals surface area contributed by atoms with Gasteiger partial charge in [-0.2, -0.15) is 0 Å². The first-order valence-electron chi connectivity index (χ1n) is 6.67. The van der Waals surface area contributed by atoms with E-state index in [1.165, 1.54) is 0 Å². The summed E-state index contributed by atoms with van der Waals surface area (Å²) < 4.78 is 5.36. The van der Waals surface area contributed by atoms with E-state index in [2.05, 4.69) is 10.6 Å². The lowest BCUT2D eigenvalue weighted by molar-refractivity contribution is -0.118. The van der Waals surface area contributed by atoms with Crippen LogP contribution < -0.4 is 15.4 Å². The quantitative estimate of drug-likeness (QED) is 0.896. The van der Waals surface area contributed by atoms with Crippen LogP contribution in [0.3, 0.4) is 0 Å². The Morgan fingerprint density at radius 3 is 2.90 bits per heavy atom. The Balaban J connectivity index is 0.00000200. The van der Waals surface area contributed by atoms with Crippen molar-refractivity contribution < 1.29 is 9.53 Å². The van der Waals surface area contributed by atoms with Crippen LogP contribution in [0.15, 0.2) is 18.2 Å². The van der Waals surface area contributed by atoms with Gasteiger partial charge in [0.1, 0.15) is 5.75 Å². The molecule has 2 rings (SSSR count). The highest BCUT2D eigenvalue weighted by Crippen LogP contribution is 2.27. The second-order valence-electron chi connectivity index (χ2n) is 4.57. The highest BCUT2D eigenvalue weighted by molar-refractivity contribution is 6.32. The van der Waals surface area contributed by atoms with Crippen molar-refractivity contribution in [3.05, 3.63) is 23.2 Å². The molecule has 1 amide bonds. The van der Waals surface area contributed by atoms with Crippen molar-refractivity contribution in [2.24, 2.45) is 0 Å². The molecule has 1 unspecified atom stereocenters. The van der Waals surface area contributed by atoms with Crippen LogP contribution in [0, 0.1) is 0 Å². The van der Waals surface area contributed by atoms with Crippen molar-refractivity contribution in [1.82, 2.24) is 5.32 Å². The third-order valence-electron chi connectivity index (χ3n) is 3.13. The van der Waals surface area contributed by atoms with E-state index in [0.29, 0.717) is 23.1 Å². The molecule has 1 heterocycles. The van der Waals surface area contributed by atoms with E-state index in [0.717, 1.165) is 25.8 Å². The lowest BCUT2D eigenvalue weighted by atomic mass is 10.0. The summed E-state index contributed by atoms with van der Waals surface area (Å²) in [6.45, 7) is 3.38. The van der Waals surface area contributed by atoms with Crippen LogP contribution in [-0.4, -0.2) is 25.1 Å². The molecule has 112 valence electrons. The molecule has 2 N–H and O–H groups in total. The van der Waals surface area contributed by atoms with Gasteiger partial charge < -0.3 is 15.4 Å². The molecule has 0 bridgehead atoms. The molecular weight excluding hydrogens is 299 g/mol. The molecular formula is C14H20Cl2N2O2. The zero-order valence-electron chi connectivity index (χ0n) is 11.4. The molecule has 0 spiro atoms. The molecule has 1 atom stereocenters. The predicted molar refractivity (Wildman–Crippen MR) is 84.1 cm³/mol. The summed E-state index contributed by atoms with van der Waals surface area (Å²) in [7, 11) is 0. The lowest BCUT2D eigenvalue weighted by Gasteiger charge is -2.22. The number of amides is 1. The van der Waals surface area contributed by atoms with Crippen LogP contribution >= 0.6 is 24.0 Å². The number of anilines is 1. The Kier molecular flexibility index (Phi) is 7.13. The van der Waals surface area contributed by atoms with Gasteiger partial charge in [0.15, 0.2) is 0 Å². The minimum absolute atomic E-state index is 0. The van der Waals surface area contributed by atoms with Crippen LogP contribution in [0.1, 0.15) is 26.2 Å². The number of rotatable bonds is 4. The molecule has 20 heavy (non-hydrogen) atoms. The summed E-state index contributed by atoms with van der Waals surface area (Å²) in [6, 6.07) is 5.19. The first kappa shape index (κ1) is 17.1. The van der Waals surface area contributed by atoms with Gasteiger partial charge in [-0.15, -0.1) is 12.4 Å². The van der Waals surface area contributed by atoms with Gasteiger partial charge in [0.2, 0.25) is 5.91 Å². The molecule has 4 nitrogen and oxygen atoms in total. The first-order chi connectivity index (χ1) is 9.20. The average Bonchev–Trinajstić information content (AvgIpc) is 2.43. The van der Waals surface area contributed by atoms with Crippen molar-refractivity contribution in [3.63, 3.8) is 0 Å². The summed E-state index contributed by atoms with van der Waals surface area (Å²) in [5.74, 6) is 0.637. The van der Waals surface area contributed by atoms with Crippen LogP contribution in [0.4, 0.5) is 5.69 Å². The molecule has 1 aromatic carbocycles. The number of piperidine rings is 1. The van der Waals surface area contributed by atoms with Gasteiger partial charge in [-0.25, -0.2) is 0 Å². The summed E-state index contributed by atoms with van der Waals surface area (Å²) >= 11 is 6.09. The highest BCUT2D eigenvalue weighted by atomic mass is 35.5. The number of benzene rings is 1. The van der Waals surface area contributed by atoms with E-state index < -0.39 is 0 Å². The Hall–Kier alpha value is -0.970. The van der Waals surface area contributed by atoms with Crippen molar-refractivity contribution in [1.29, 1.82) is 0 Å². The number of hydrogen-bond donors (Lipinski definition) is 2. The molecule has 1 aliphatic rings. The maximum absolute atomic E-state index is 12.0. The molecule has 1 aromatic rings. The van der Waals surface area contributed by atoms with Gasteiger partial charge in [-0.3, -0.25) is 4.79 Å². The Bertz CT molecular complexity index is 449. The molecule has 6 heteroatoms. The first-order valence-corrected chi connectivity index (χ1v) is 7.05. The number of nitrogens with one attached hydrogen (secondary N) is 2. The number of carbonyl (C=O) groups excluding carboxylic acids is 1. The van der Waals surface area contributed by atoms with Crippen molar-refractivity contribution in [3.8, 4) is 5.75 Å². The number of halogens is 2. The van der Waals surface area contributed by atoms with Gasteiger partial charge >= 0.3 is 0 Å². The maximum atomic E-state index is 12.0. The Labute approximate surface area is 130 Å². The fourth-order valence-electron chi connectivity index (χ4n) is 2.16. The molecule has 0 aromatic heterocycles. The number of ether oxygens (including phenoxy) is 1. The molecule has 1 aliphatic heterocycles. The van der Waals surface area contributed by atoms with Crippen molar-refractivity contribution in [2.75, 3.05) is 18.5 Å². The molecule has 0 radical (unpaired) electrons. The fourth-order valence-corrected chi connectivity index (χ4v) is 2.39. The van der Waals surface area contributed by atoms with Crippen LogP contribution in [0.2, 0.25) is 5.02 Å². The van der Waals surface area contributed by atoms with Crippen LogP contribution in [0.25, 0.3) is 0 Å². The van der Waals surface area contributed by atoms with Crippen LogP contribution in [0.5, 0.6) is 5.75 Å². The normalized spacial score (nSPS) is 18.0. The maximum Gasteiger partial charge on any atom is 0.241 e. The van der Waals surface area contributed by atoms with Crippen LogP contribution in [-0.2, 0) is 4.79 Å². The molecule has 0 saturated carbocycles. The van der Waals surface area contributed by atoms with Gasteiger partial charge in [0, 0.05) is 5.69 Å². The zero-order valence-corrected chi connectivity index (χ0v) is 13.0. The fraction of sp³-hybridized carbons (Fsp3) is 0.500. The molecule has 1 fully saturated rings. The van der Waals surface area contributed by atoms with E-state index >= 15 is 0 Å². The van der Waals surface area contributed by atoms with Crippen molar-refractivity contribution in [2.45, 2.75) is 32.2 Å². The standard InChI is InChI=1S/C14H19ClN2O2.ClH/c1-2-19-13-7-6-10(9-11(13)15)17-14(18)12-5-3-4-8-16-12;/h6-7,9,12,16H,2-5,8H2,1H3,(H,17,18);1H.